The molecule has 0 spiro atoms. The molecule has 104 valence electrons. The lowest BCUT2D eigenvalue weighted by atomic mass is 9.91. The maximum Gasteiger partial charge on any atom is 0.130 e. The van der Waals surface area contributed by atoms with E-state index >= 15 is 0 Å². The number of aromatic nitrogens is 2. The van der Waals surface area contributed by atoms with Gasteiger partial charge >= 0.3 is 0 Å². The molecule has 3 aromatic rings. The first kappa shape index (κ1) is 12.7. The van der Waals surface area contributed by atoms with Gasteiger partial charge in [-0.05, 0) is 48.9 Å². The lowest BCUT2D eigenvalue weighted by Crippen LogP contribution is -2.03. The minimum atomic E-state index is 0.712. The van der Waals surface area contributed by atoms with E-state index in [0.29, 0.717) is 4.64 Å². The highest BCUT2D eigenvalue weighted by molar-refractivity contribution is 7.71. The van der Waals surface area contributed by atoms with Crippen molar-refractivity contribution in [2.24, 2.45) is 0 Å². The number of nitrogens with one attached hydrogen (secondary N) is 1. The monoisotopic (exact) mass is 292 g/mol. The van der Waals surface area contributed by atoms with E-state index in [9.17, 15) is 0 Å². The second-order valence-corrected chi connectivity index (χ2v) is 6.03. The van der Waals surface area contributed by atoms with Crippen LogP contribution in [0.3, 0.4) is 0 Å². The highest BCUT2D eigenvalue weighted by Gasteiger charge is 2.12. The third-order valence-electron chi connectivity index (χ3n) is 4.20. The van der Waals surface area contributed by atoms with E-state index in [1.54, 1.807) is 0 Å². The van der Waals surface area contributed by atoms with Crippen molar-refractivity contribution in [3.05, 3.63) is 58.2 Å². The van der Waals surface area contributed by atoms with Crippen LogP contribution >= 0.6 is 12.2 Å². The third-order valence-corrected chi connectivity index (χ3v) is 4.50. The molecule has 0 saturated carbocycles. The molecule has 2 aromatic carbocycles. The van der Waals surface area contributed by atoms with Crippen LogP contribution in [-0.4, -0.2) is 9.97 Å². The number of benzene rings is 2. The fourth-order valence-corrected chi connectivity index (χ4v) is 3.38. The molecule has 4 rings (SSSR count). The summed E-state index contributed by atoms with van der Waals surface area (Å²) in [5, 5.41) is 0. The summed E-state index contributed by atoms with van der Waals surface area (Å²) in [5.74, 6) is 0. The number of aromatic amines is 1. The van der Waals surface area contributed by atoms with Crippen LogP contribution in [0.2, 0.25) is 0 Å². The first-order valence-corrected chi connectivity index (χ1v) is 7.83. The Morgan fingerprint density at radius 1 is 0.952 bits per heavy atom. The number of rotatable bonds is 1. The van der Waals surface area contributed by atoms with Gasteiger partial charge in [-0.2, -0.15) is 0 Å². The zero-order chi connectivity index (χ0) is 14.2. The highest BCUT2D eigenvalue weighted by Crippen LogP contribution is 2.27. The highest BCUT2D eigenvalue weighted by atomic mass is 32.1. The average molecular weight is 292 g/mol. The second kappa shape index (κ2) is 5.08. The number of H-pyrrole nitrogens is 1. The van der Waals surface area contributed by atoms with Crippen molar-refractivity contribution in [2.45, 2.75) is 25.7 Å². The number of hydrogen-bond donors (Lipinski definition) is 1. The van der Waals surface area contributed by atoms with Gasteiger partial charge in [0.25, 0.3) is 0 Å². The predicted octanol–water partition coefficient (Wildman–Crippen LogP) is 4.84. The van der Waals surface area contributed by atoms with Crippen molar-refractivity contribution >= 4 is 23.3 Å². The second-order valence-electron chi connectivity index (χ2n) is 5.63. The Kier molecular flexibility index (Phi) is 3.08. The summed E-state index contributed by atoms with van der Waals surface area (Å²) in [6.45, 7) is 0. The molecular formula is C18H16N2S. The topological polar surface area (TPSA) is 28.7 Å². The van der Waals surface area contributed by atoms with Gasteiger partial charge in [-0.25, -0.2) is 4.98 Å². The Labute approximate surface area is 128 Å². The third kappa shape index (κ3) is 2.28. The molecule has 0 atom stereocenters. The Bertz CT molecular complexity index is 866. The summed E-state index contributed by atoms with van der Waals surface area (Å²) >= 11 is 5.50. The van der Waals surface area contributed by atoms with Crippen LogP contribution in [0.1, 0.15) is 24.0 Å². The van der Waals surface area contributed by atoms with E-state index in [1.807, 2.05) is 18.2 Å². The molecule has 1 heterocycles. The summed E-state index contributed by atoms with van der Waals surface area (Å²) in [7, 11) is 0. The first-order valence-electron chi connectivity index (χ1n) is 7.42. The van der Waals surface area contributed by atoms with E-state index in [2.05, 4.69) is 29.2 Å². The van der Waals surface area contributed by atoms with Crippen molar-refractivity contribution in [3.63, 3.8) is 0 Å². The van der Waals surface area contributed by atoms with Crippen molar-refractivity contribution in [3.8, 4) is 11.3 Å². The first-order chi connectivity index (χ1) is 10.3. The van der Waals surface area contributed by atoms with Crippen LogP contribution in [0.4, 0.5) is 0 Å². The molecule has 21 heavy (non-hydrogen) atoms. The smallest absolute Gasteiger partial charge is 0.130 e. The summed E-state index contributed by atoms with van der Waals surface area (Å²) < 4.78 is 0.712. The molecule has 2 nitrogen and oxygen atoms in total. The fourth-order valence-electron chi connectivity index (χ4n) is 3.11. The van der Waals surface area contributed by atoms with Crippen molar-refractivity contribution in [2.75, 3.05) is 0 Å². The number of nitrogens with zero attached hydrogens (tertiary/aromatic N) is 1. The molecular weight excluding hydrogens is 276 g/mol. The molecule has 0 fully saturated rings. The van der Waals surface area contributed by atoms with E-state index in [-0.39, 0.29) is 0 Å². The minimum Gasteiger partial charge on any atom is -0.343 e. The van der Waals surface area contributed by atoms with E-state index < -0.39 is 0 Å². The van der Waals surface area contributed by atoms with Crippen molar-refractivity contribution in [1.29, 1.82) is 0 Å². The zero-order valence-corrected chi connectivity index (χ0v) is 12.5. The van der Waals surface area contributed by atoms with Gasteiger partial charge in [-0.3, -0.25) is 0 Å². The van der Waals surface area contributed by atoms with Gasteiger partial charge in [-0.1, -0.05) is 42.5 Å². The van der Waals surface area contributed by atoms with Crippen molar-refractivity contribution < 1.29 is 0 Å². The molecule has 1 aromatic heterocycles. The van der Waals surface area contributed by atoms with Crippen LogP contribution in [-0.2, 0) is 12.8 Å². The minimum absolute atomic E-state index is 0.712. The summed E-state index contributed by atoms with van der Waals surface area (Å²) in [4.78, 5) is 8.18. The number of hydrogen-bond acceptors (Lipinski definition) is 2. The standard InChI is InChI=1S/C18H16N2S/c21-18-17(12-6-2-1-3-7-12)19-15-10-13-8-4-5-9-14(13)11-16(15)20-18/h1-3,6-7,10-11H,4-5,8-9H2,(H,20,21). The number of fused-ring (bicyclic) bond motifs is 2. The normalized spacial score (nSPS) is 14.1. The van der Waals surface area contributed by atoms with Gasteiger partial charge in [0.1, 0.15) is 10.3 Å². The summed E-state index contributed by atoms with van der Waals surface area (Å²) in [6.07, 6.45) is 4.91. The molecule has 0 bridgehead atoms. The molecule has 0 radical (unpaired) electrons. The molecule has 0 unspecified atom stereocenters. The van der Waals surface area contributed by atoms with Gasteiger partial charge in [0.05, 0.1) is 11.0 Å². The quantitative estimate of drug-likeness (QED) is 0.650. The van der Waals surface area contributed by atoms with Crippen molar-refractivity contribution in [1.82, 2.24) is 9.97 Å². The lowest BCUT2D eigenvalue weighted by molar-refractivity contribution is 0.686. The largest absolute Gasteiger partial charge is 0.343 e. The maximum atomic E-state index is 5.50. The lowest BCUT2D eigenvalue weighted by Gasteiger charge is -2.16. The van der Waals surface area contributed by atoms with Gasteiger partial charge in [0, 0.05) is 5.56 Å². The van der Waals surface area contributed by atoms with Gasteiger partial charge in [-0.15, -0.1) is 0 Å². The van der Waals surface area contributed by atoms with Crippen LogP contribution in [0.5, 0.6) is 0 Å². The van der Waals surface area contributed by atoms with Crippen LogP contribution in [0.25, 0.3) is 22.3 Å². The molecule has 1 aliphatic rings. The molecule has 0 amide bonds. The van der Waals surface area contributed by atoms with Gasteiger partial charge < -0.3 is 4.98 Å². The Morgan fingerprint density at radius 2 is 1.67 bits per heavy atom. The molecule has 1 N–H and O–H groups in total. The van der Waals surface area contributed by atoms with Gasteiger partial charge in [0.15, 0.2) is 0 Å². The summed E-state index contributed by atoms with van der Waals surface area (Å²) in [6, 6.07) is 14.6. The van der Waals surface area contributed by atoms with Crippen LogP contribution < -0.4 is 0 Å². The molecule has 0 aliphatic heterocycles. The Morgan fingerprint density at radius 3 is 2.43 bits per heavy atom. The fraction of sp³-hybridized carbons (Fsp3) is 0.222. The zero-order valence-electron chi connectivity index (χ0n) is 11.7. The van der Waals surface area contributed by atoms with Gasteiger partial charge in [0.2, 0.25) is 0 Å². The maximum absolute atomic E-state index is 5.50. The Hall–Kier alpha value is -2.00. The molecule has 0 saturated heterocycles. The SMILES string of the molecule is S=c1[nH]c2cc3c(cc2nc1-c1ccccc1)CCCC3. The van der Waals surface area contributed by atoms with Crippen LogP contribution in [0, 0.1) is 4.64 Å². The van der Waals surface area contributed by atoms with Crippen LogP contribution in [0.15, 0.2) is 42.5 Å². The molecule has 3 heteroatoms. The summed E-state index contributed by atoms with van der Waals surface area (Å²) in [5.41, 5.74) is 6.91. The Balaban J connectivity index is 1.95. The number of aryl methyl sites for hydroxylation is 2. The van der Waals surface area contributed by atoms with E-state index in [1.165, 1.54) is 36.8 Å². The molecule has 1 aliphatic carbocycles. The van der Waals surface area contributed by atoms with E-state index in [0.717, 1.165) is 22.3 Å². The predicted molar refractivity (Wildman–Crippen MR) is 89.0 cm³/mol. The van der Waals surface area contributed by atoms with E-state index in [4.69, 9.17) is 17.2 Å². The average Bonchev–Trinajstić information content (AvgIpc) is 2.53.